The minimum Gasteiger partial charge on any atom is -0.389 e. The molecule has 2 aliphatic rings. The number of aliphatic imine (C=N–C) groups is 1. The molecular weight excluding hydrogens is 270 g/mol. The predicted octanol–water partition coefficient (Wildman–Crippen LogP) is 0.496. The molecule has 17 heavy (non-hydrogen) atoms. The van der Waals surface area contributed by atoms with E-state index in [2.05, 4.69) is 10.3 Å². The van der Waals surface area contributed by atoms with Crippen molar-refractivity contribution in [1.29, 1.82) is 0 Å². The average molecular weight is 284 g/mol. The molecule has 0 aromatic carbocycles. The summed E-state index contributed by atoms with van der Waals surface area (Å²) in [6.07, 6.45) is -5.29. The molecule has 0 aliphatic carbocycles. The van der Waals surface area contributed by atoms with Gasteiger partial charge in [-0.15, -0.1) is 11.8 Å². The standard InChI is InChI=1S/C9H14F2N2O2S2/c1-2-12-9-13-3-4(14)5(15)6(7(10)11)16-8(3)17-9/h3-8,14-15H,2H2,1H3,(H,12,13)/t3-,4-,5+,6+,8-/m1/s1. The maximum Gasteiger partial charge on any atom is 0.252 e. The van der Waals surface area contributed by atoms with Gasteiger partial charge in [0, 0.05) is 6.54 Å². The Labute approximate surface area is 106 Å². The van der Waals surface area contributed by atoms with Crippen molar-refractivity contribution in [3.05, 3.63) is 0 Å². The van der Waals surface area contributed by atoms with Crippen LogP contribution in [0.1, 0.15) is 6.92 Å². The van der Waals surface area contributed by atoms with Crippen LogP contribution in [0.25, 0.3) is 0 Å². The average Bonchev–Trinajstić information content (AvgIpc) is 2.66. The lowest BCUT2D eigenvalue weighted by Crippen LogP contribution is -2.52. The summed E-state index contributed by atoms with van der Waals surface area (Å²) in [5, 5.41) is 21.8. The maximum atomic E-state index is 12.7. The molecule has 0 radical (unpaired) electrons. The first kappa shape index (κ1) is 13.4. The van der Waals surface area contributed by atoms with Crippen LogP contribution in [0, 0.1) is 0 Å². The van der Waals surface area contributed by atoms with Crippen LogP contribution in [0.5, 0.6) is 0 Å². The number of nitrogens with one attached hydrogen (secondary N) is 1. The molecule has 2 rings (SSSR count). The Balaban J connectivity index is 2.10. The van der Waals surface area contributed by atoms with Gasteiger partial charge >= 0.3 is 0 Å². The van der Waals surface area contributed by atoms with E-state index >= 15 is 0 Å². The molecule has 0 unspecified atom stereocenters. The van der Waals surface area contributed by atoms with E-state index in [0.29, 0.717) is 11.7 Å². The summed E-state index contributed by atoms with van der Waals surface area (Å²) < 4.78 is 25.1. The molecule has 98 valence electrons. The SMILES string of the molecule is CCNC1=N[C@H]2[C@@H](S1)S[C@H](C(F)F)[C@@H](O)[C@@H]2O. The van der Waals surface area contributed by atoms with E-state index in [1.807, 2.05) is 6.92 Å². The monoisotopic (exact) mass is 284 g/mol. The van der Waals surface area contributed by atoms with E-state index in [9.17, 15) is 19.0 Å². The molecule has 0 spiro atoms. The van der Waals surface area contributed by atoms with Gasteiger partial charge in [-0.25, -0.2) is 8.78 Å². The number of thioether (sulfide) groups is 2. The van der Waals surface area contributed by atoms with Gasteiger partial charge in [0.15, 0.2) is 5.17 Å². The molecule has 8 heteroatoms. The zero-order chi connectivity index (χ0) is 12.6. The Morgan fingerprint density at radius 2 is 2.12 bits per heavy atom. The van der Waals surface area contributed by atoms with E-state index in [1.54, 1.807) is 0 Å². The van der Waals surface area contributed by atoms with Crippen LogP contribution >= 0.6 is 23.5 Å². The fourth-order valence-electron chi connectivity index (χ4n) is 1.83. The largest absolute Gasteiger partial charge is 0.389 e. The fraction of sp³-hybridized carbons (Fsp3) is 0.889. The van der Waals surface area contributed by atoms with Gasteiger partial charge in [-0.2, -0.15) is 0 Å². The molecule has 4 nitrogen and oxygen atoms in total. The Bertz CT molecular complexity index is 319. The number of nitrogens with zero attached hydrogens (tertiary/aromatic N) is 1. The van der Waals surface area contributed by atoms with Crippen molar-refractivity contribution in [2.24, 2.45) is 4.99 Å². The Morgan fingerprint density at radius 3 is 2.71 bits per heavy atom. The summed E-state index contributed by atoms with van der Waals surface area (Å²) >= 11 is 2.34. The van der Waals surface area contributed by atoms with E-state index in [-0.39, 0.29) is 4.58 Å². The summed E-state index contributed by atoms with van der Waals surface area (Å²) in [5.41, 5.74) is 0. The van der Waals surface area contributed by atoms with Gasteiger partial charge in [0.05, 0.1) is 15.9 Å². The summed E-state index contributed by atoms with van der Waals surface area (Å²) in [4.78, 5) is 4.22. The number of aliphatic hydroxyl groups is 2. The van der Waals surface area contributed by atoms with Crippen LogP contribution in [0.3, 0.4) is 0 Å². The van der Waals surface area contributed by atoms with E-state index < -0.39 is 29.9 Å². The summed E-state index contributed by atoms with van der Waals surface area (Å²) in [7, 11) is 0. The highest BCUT2D eigenvalue weighted by atomic mass is 32.2. The van der Waals surface area contributed by atoms with Crippen LogP contribution in [0.15, 0.2) is 4.99 Å². The molecule has 5 atom stereocenters. The number of alkyl halides is 2. The van der Waals surface area contributed by atoms with Crippen LogP contribution in [-0.4, -0.2) is 56.4 Å². The second-order valence-electron chi connectivity index (χ2n) is 3.86. The van der Waals surface area contributed by atoms with Crippen LogP contribution in [0.4, 0.5) is 8.78 Å². The highest BCUT2D eigenvalue weighted by molar-refractivity contribution is 8.25. The van der Waals surface area contributed by atoms with Crippen LogP contribution < -0.4 is 5.32 Å². The summed E-state index contributed by atoms with van der Waals surface area (Å²) in [6, 6.07) is -0.510. The third-order valence-electron chi connectivity index (χ3n) is 2.68. The first-order chi connectivity index (χ1) is 8.04. The van der Waals surface area contributed by atoms with E-state index in [4.69, 9.17) is 0 Å². The number of rotatable bonds is 2. The van der Waals surface area contributed by atoms with Gasteiger partial charge in [0.25, 0.3) is 6.43 Å². The van der Waals surface area contributed by atoms with Gasteiger partial charge in [0.1, 0.15) is 12.1 Å². The lowest BCUT2D eigenvalue weighted by molar-refractivity contribution is -0.0271. The summed E-state index contributed by atoms with van der Waals surface area (Å²) in [6.45, 7) is 2.60. The number of amidine groups is 1. The van der Waals surface area contributed by atoms with E-state index in [0.717, 1.165) is 11.8 Å². The number of aliphatic hydroxyl groups excluding tert-OH is 2. The molecule has 1 fully saturated rings. The van der Waals surface area contributed by atoms with Crippen molar-refractivity contribution >= 4 is 28.7 Å². The molecule has 2 aliphatic heterocycles. The molecule has 0 saturated carbocycles. The van der Waals surface area contributed by atoms with Crippen molar-refractivity contribution in [3.8, 4) is 0 Å². The highest BCUT2D eigenvalue weighted by Gasteiger charge is 2.50. The Kier molecular flexibility index (Phi) is 4.17. The number of fused-ring (bicyclic) bond motifs is 1. The maximum absolute atomic E-state index is 12.7. The number of halogens is 2. The van der Waals surface area contributed by atoms with Crippen molar-refractivity contribution in [1.82, 2.24) is 5.32 Å². The van der Waals surface area contributed by atoms with Gasteiger partial charge in [-0.3, -0.25) is 4.99 Å². The smallest absolute Gasteiger partial charge is 0.252 e. The lowest BCUT2D eigenvalue weighted by atomic mass is 10.0. The highest BCUT2D eigenvalue weighted by Crippen LogP contribution is 2.45. The van der Waals surface area contributed by atoms with Crippen molar-refractivity contribution < 1.29 is 19.0 Å². The minimum atomic E-state index is -2.64. The predicted molar refractivity (Wildman–Crippen MR) is 65.7 cm³/mol. The fourth-order valence-corrected chi connectivity index (χ4v) is 4.84. The zero-order valence-corrected chi connectivity index (χ0v) is 10.7. The molecule has 2 heterocycles. The van der Waals surface area contributed by atoms with Crippen LogP contribution in [0.2, 0.25) is 0 Å². The summed E-state index contributed by atoms with van der Waals surface area (Å²) in [5.74, 6) is 0. The topological polar surface area (TPSA) is 64.9 Å². The second kappa shape index (κ2) is 5.29. The van der Waals surface area contributed by atoms with Gasteiger partial charge in [-0.1, -0.05) is 11.8 Å². The number of hydrogen-bond donors (Lipinski definition) is 3. The first-order valence-electron chi connectivity index (χ1n) is 5.32. The van der Waals surface area contributed by atoms with Crippen molar-refractivity contribution in [2.75, 3.05) is 6.54 Å². The first-order valence-corrected chi connectivity index (χ1v) is 7.15. The molecule has 0 aromatic rings. The Hall–Kier alpha value is -0.0500. The normalized spacial score (nSPS) is 41.3. The van der Waals surface area contributed by atoms with Crippen LogP contribution in [-0.2, 0) is 0 Å². The molecule has 1 saturated heterocycles. The zero-order valence-electron chi connectivity index (χ0n) is 9.09. The van der Waals surface area contributed by atoms with Crippen molar-refractivity contribution in [3.63, 3.8) is 0 Å². The van der Waals surface area contributed by atoms with Gasteiger partial charge in [-0.05, 0) is 6.92 Å². The molecule has 3 N–H and O–H groups in total. The third kappa shape index (κ3) is 2.54. The van der Waals surface area contributed by atoms with Crippen molar-refractivity contribution in [2.45, 2.75) is 41.4 Å². The molecule has 0 bridgehead atoms. The van der Waals surface area contributed by atoms with Gasteiger partial charge < -0.3 is 15.5 Å². The van der Waals surface area contributed by atoms with E-state index in [1.165, 1.54) is 11.8 Å². The lowest BCUT2D eigenvalue weighted by Gasteiger charge is -2.37. The minimum absolute atomic E-state index is 0.249. The second-order valence-corrected chi connectivity index (χ2v) is 6.61. The molecule has 0 aromatic heterocycles. The Morgan fingerprint density at radius 1 is 1.41 bits per heavy atom. The quantitative estimate of drug-likeness (QED) is 0.689. The third-order valence-corrected chi connectivity index (χ3v) is 5.63. The molecular formula is C9H14F2N2O2S2. The van der Waals surface area contributed by atoms with Gasteiger partial charge in [0.2, 0.25) is 0 Å². The number of hydrogen-bond acceptors (Lipinski definition) is 6. The molecule has 0 amide bonds.